The molecule has 0 saturated carbocycles. The number of hydrogen-bond donors (Lipinski definition) is 0. The molecule has 0 saturated heterocycles. The van der Waals surface area contributed by atoms with Gasteiger partial charge in [-0.25, -0.2) is 0 Å². The Morgan fingerprint density at radius 2 is 0.833 bits per heavy atom. The van der Waals surface area contributed by atoms with Gasteiger partial charge in [-0.3, -0.25) is 0 Å². The highest BCUT2D eigenvalue weighted by Gasteiger charge is 2.20. The van der Waals surface area contributed by atoms with Crippen LogP contribution in [0.5, 0.6) is 0 Å². The molecule has 2 heteroatoms. The van der Waals surface area contributed by atoms with E-state index in [1.54, 1.807) is 0 Å². The quantitative estimate of drug-likeness (QED) is 0.181. The van der Waals surface area contributed by atoms with Crippen molar-refractivity contribution >= 4 is 49.6 Å². The Labute approximate surface area is 280 Å². The van der Waals surface area contributed by atoms with Crippen LogP contribution in [0.2, 0.25) is 0 Å². The van der Waals surface area contributed by atoms with Crippen LogP contribution in [-0.4, -0.2) is 4.57 Å². The lowest BCUT2D eigenvalue weighted by Crippen LogP contribution is -2.10. The van der Waals surface area contributed by atoms with Gasteiger partial charge in [0, 0.05) is 33.4 Å². The molecular formula is C46H32N2. The van der Waals surface area contributed by atoms with E-state index in [0.717, 1.165) is 22.7 Å². The molecule has 1 heterocycles. The Kier molecular flexibility index (Phi) is 6.84. The summed E-state index contributed by atoms with van der Waals surface area (Å²) < 4.78 is 2.43. The van der Waals surface area contributed by atoms with Gasteiger partial charge in [0.2, 0.25) is 0 Å². The summed E-state index contributed by atoms with van der Waals surface area (Å²) in [5.41, 5.74) is 11.7. The zero-order valence-corrected chi connectivity index (χ0v) is 26.4. The first kappa shape index (κ1) is 27.9. The van der Waals surface area contributed by atoms with Crippen molar-refractivity contribution in [1.29, 1.82) is 0 Å². The minimum absolute atomic E-state index is 1.11. The topological polar surface area (TPSA) is 8.17 Å². The normalized spacial score (nSPS) is 11.3. The third-order valence-corrected chi connectivity index (χ3v) is 9.39. The minimum Gasteiger partial charge on any atom is -0.310 e. The maximum atomic E-state index is 2.43. The van der Waals surface area contributed by atoms with Crippen molar-refractivity contribution in [3.8, 4) is 27.9 Å². The molecule has 48 heavy (non-hydrogen) atoms. The molecule has 9 aromatic rings. The van der Waals surface area contributed by atoms with E-state index in [0.29, 0.717) is 0 Å². The first-order chi connectivity index (χ1) is 23.8. The van der Waals surface area contributed by atoms with Gasteiger partial charge in [-0.2, -0.15) is 0 Å². The lowest BCUT2D eigenvalue weighted by Gasteiger charge is -2.27. The third-order valence-electron chi connectivity index (χ3n) is 9.39. The minimum atomic E-state index is 1.11. The van der Waals surface area contributed by atoms with Crippen LogP contribution < -0.4 is 4.90 Å². The summed E-state index contributed by atoms with van der Waals surface area (Å²) in [5.74, 6) is 0. The molecule has 0 N–H and O–H groups in total. The number of para-hydroxylation sites is 5. The van der Waals surface area contributed by atoms with Crippen molar-refractivity contribution in [3.05, 3.63) is 194 Å². The Bertz CT molecular complexity index is 2460. The highest BCUT2D eigenvalue weighted by molar-refractivity contribution is 6.10. The fourth-order valence-electron chi connectivity index (χ4n) is 7.27. The summed E-state index contributed by atoms with van der Waals surface area (Å²) in [6.45, 7) is 0. The van der Waals surface area contributed by atoms with Crippen LogP contribution in [0.1, 0.15) is 0 Å². The van der Waals surface area contributed by atoms with Crippen LogP contribution in [0.3, 0.4) is 0 Å². The number of anilines is 3. The van der Waals surface area contributed by atoms with E-state index < -0.39 is 0 Å². The van der Waals surface area contributed by atoms with Gasteiger partial charge in [-0.15, -0.1) is 0 Å². The fourth-order valence-corrected chi connectivity index (χ4v) is 7.27. The van der Waals surface area contributed by atoms with Gasteiger partial charge in [0.15, 0.2) is 0 Å². The van der Waals surface area contributed by atoms with E-state index in [1.807, 2.05) is 0 Å². The molecule has 0 radical (unpaired) electrons. The average Bonchev–Trinajstić information content (AvgIpc) is 3.50. The molecule has 0 atom stereocenters. The molecule has 9 rings (SSSR count). The Balaban J connectivity index is 1.34. The molecule has 0 unspecified atom stereocenters. The van der Waals surface area contributed by atoms with Gasteiger partial charge in [0.25, 0.3) is 0 Å². The number of fused-ring (bicyclic) bond motifs is 4. The standard InChI is InChI=1S/C46H32N2/c1-3-18-34(19-4-1)47(35-20-5-2-6-21-35)36-30-31-39(43(32-36)38-26-15-17-33-16-7-8-22-37(33)38)40-23-9-12-27-44(40)48-45-28-13-10-24-41(45)42-25-11-14-29-46(42)48/h1-32H. The van der Waals surface area contributed by atoms with E-state index >= 15 is 0 Å². The predicted octanol–water partition coefficient (Wildman–Crippen LogP) is 12.7. The van der Waals surface area contributed by atoms with E-state index in [9.17, 15) is 0 Å². The molecule has 0 fully saturated rings. The van der Waals surface area contributed by atoms with Gasteiger partial charge in [-0.05, 0) is 82.1 Å². The second-order valence-corrected chi connectivity index (χ2v) is 12.1. The molecular weight excluding hydrogens is 581 g/mol. The molecule has 0 aliphatic carbocycles. The Hall–Kier alpha value is -6.38. The molecule has 226 valence electrons. The molecule has 0 spiro atoms. The summed E-state index contributed by atoms with van der Waals surface area (Å²) in [7, 11) is 0. The van der Waals surface area contributed by atoms with Gasteiger partial charge in [-0.1, -0.05) is 140 Å². The molecule has 8 aromatic carbocycles. The summed E-state index contributed by atoms with van der Waals surface area (Å²) in [5, 5.41) is 4.98. The van der Waals surface area contributed by atoms with Crippen molar-refractivity contribution in [1.82, 2.24) is 4.57 Å². The van der Waals surface area contributed by atoms with Crippen molar-refractivity contribution in [3.63, 3.8) is 0 Å². The zero-order valence-electron chi connectivity index (χ0n) is 26.4. The lowest BCUT2D eigenvalue weighted by molar-refractivity contribution is 1.18. The molecule has 0 aliphatic heterocycles. The van der Waals surface area contributed by atoms with Gasteiger partial charge >= 0.3 is 0 Å². The van der Waals surface area contributed by atoms with Crippen molar-refractivity contribution < 1.29 is 0 Å². The SMILES string of the molecule is c1ccc(N(c2ccccc2)c2ccc(-c3ccccc3-n3c4ccccc4c4ccccc43)c(-c3cccc4ccccc34)c2)cc1. The van der Waals surface area contributed by atoms with E-state index in [2.05, 4.69) is 204 Å². The van der Waals surface area contributed by atoms with Crippen molar-refractivity contribution in [2.24, 2.45) is 0 Å². The largest absolute Gasteiger partial charge is 0.310 e. The first-order valence-electron chi connectivity index (χ1n) is 16.5. The van der Waals surface area contributed by atoms with Crippen LogP contribution in [0.25, 0.3) is 60.5 Å². The van der Waals surface area contributed by atoms with Gasteiger partial charge < -0.3 is 9.47 Å². The van der Waals surface area contributed by atoms with E-state index in [-0.39, 0.29) is 0 Å². The number of benzene rings is 8. The summed E-state index contributed by atoms with van der Waals surface area (Å²) in [4.78, 5) is 2.34. The predicted molar refractivity (Wildman–Crippen MR) is 204 cm³/mol. The van der Waals surface area contributed by atoms with Crippen LogP contribution in [0.4, 0.5) is 17.1 Å². The second-order valence-electron chi connectivity index (χ2n) is 12.1. The Morgan fingerprint density at radius 1 is 0.312 bits per heavy atom. The maximum absolute atomic E-state index is 2.43. The number of hydrogen-bond acceptors (Lipinski definition) is 1. The molecule has 2 nitrogen and oxygen atoms in total. The van der Waals surface area contributed by atoms with Gasteiger partial charge in [0.05, 0.1) is 16.7 Å². The van der Waals surface area contributed by atoms with Gasteiger partial charge in [0.1, 0.15) is 0 Å². The smallest absolute Gasteiger partial charge is 0.0541 e. The van der Waals surface area contributed by atoms with E-state index in [4.69, 9.17) is 0 Å². The summed E-state index contributed by atoms with van der Waals surface area (Å²) >= 11 is 0. The van der Waals surface area contributed by atoms with Crippen molar-refractivity contribution in [2.75, 3.05) is 4.90 Å². The average molecular weight is 613 g/mol. The van der Waals surface area contributed by atoms with Crippen LogP contribution in [0.15, 0.2) is 194 Å². The zero-order chi connectivity index (χ0) is 31.9. The molecule has 1 aromatic heterocycles. The third kappa shape index (κ3) is 4.66. The highest BCUT2D eigenvalue weighted by atomic mass is 15.1. The van der Waals surface area contributed by atoms with E-state index in [1.165, 1.54) is 54.8 Å². The summed E-state index contributed by atoms with van der Waals surface area (Å²) in [6, 6.07) is 69.9. The lowest BCUT2D eigenvalue weighted by atomic mass is 9.90. The number of rotatable bonds is 6. The fraction of sp³-hybridized carbons (Fsp3) is 0. The Morgan fingerprint density at radius 3 is 1.52 bits per heavy atom. The second kappa shape index (κ2) is 11.8. The number of nitrogens with zero attached hydrogens (tertiary/aromatic N) is 2. The van der Waals surface area contributed by atoms with Crippen molar-refractivity contribution in [2.45, 2.75) is 0 Å². The van der Waals surface area contributed by atoms with Crippen LogP contribution in [-0.2, 0) is 0 Å². The molecule has 0 bridgehead atoms. The first-order valence-corrected chi connectivity index (χ1v) is 16.5. The highest BCUT2D eigenvalue weighted by Crippen LogP contribution is 2.44. The molecule has 0 amide bonds. The van der Waals surface area contributed by atoms with Crippen LogP contribution in [0, 0.1) is 0 Å². The maximum Gasteiger partial charge on any atom is 0.0541 e. The monoisotopic (exact) mass is 612 g/mol. The van der Waals surface area contributed by atoms with Crippen LogP contribution >= 0.6 is 0 Å². The molecule has 0 aliphatic rings. The number of aromatic nitrogens is 1. The summed E-state index contributed by atoms with van der Waals surface area (Å²) in [6.07, 6.45) is 0.